The molecule has 0 aliphatic rings. The minimum atomic E-state index is -0.867. The molecular formula is C11H9F2NO3. The van der Waals surface area contributed by atoms with E-state index in [1.807, 2.05) is 0 Å². The average Bonchev–Trinajstić information content (AvgIpc) is 2.80. The summed E-state index contributed by atoms with van der Waals surface area (Å²) in [7, 11) is 0. The van der Waals surface area contributed by atoms with Gasteiger partial charge in [-0.05, 0) is 17.7 Å². The molecule has 17 heavy (non-hydrogen) atoms. The smallest absolute Gasteiger partial charge is 0.191 e. The van der Waals surface area contributed by atoms with E-state index in [2.05, 4.69) is 5.16 Å². The molecule has 1 N–H and O–H groups in total. The number of hydrogen-bond acceptors (Lipinski definition) is 4. The molecule has 0 amide bonds. The van der Waals surface area contributed by atoms with E-state index < -0.39 is 24.0 Å². The quantitative estimate of drug-likeness (QED) is 0.889. The lowest BCUT2D eigenvalue weighted by Gasteiger charge is -2.07. The molecular weight excluding hydrogens is 232 g/mol. The molecule has 4 nitrogen and oxygen atoms in total. The summed E-state index contributed by atoms with van der Waals surface area (Å²) in [5.41, 5.74) is 0.145. The zero-order valence-electron chi connectivity index (χ0n) is 8.69. The highest BCUT2D eigenvalue weighted by Crippen LogP contribution is 2.24. The number of benzene rings is 1. The summed E-state index contributed by atoms with van der Waals surface area (Å²) >= 11 is 0. The first-order chi connectivity index (χ1) is 8.20. The third kappa shape index (κ3) is 2.59. The van der Waals surface area contributed by atoms with Gasteiger partial charge in [-0.3, -0.25) is 0 Å². The van der Waals surface area contributed by atoms with Crippen molar-refractivity contribution in [1.82, 2.24) is 5.16 Å². The fourth-order valence-electron chi connectivity index (χ4n) is 1.30. The standard InChI is InChI=1S/C11H9F2NO3/c12-9-3-7(5-15)4-10(13)11(9)16-6-8-1-2-14-17-8/h1-4,15H,5-6H2. The number of ether oxygens (including phenoxy) is 1. The third-order valence-electron chi connectivity index (χ3n) is 2.09. The maximum absolute atomic E-state index is 13.4. The highest BCUT2D eigenvalue weighted by molar-refractivity contribution is 5.31. The molecule has 0 saturated heterocycles. The summed E-state index contributed by atoms with van der Waals surface area (Å²) in [5.74, 6) is -1.88. The van der Waals surface area contributed by atoms with Crippen LogP contribution in [0.3, 0.4) is 0 Å². The Labute approximate surface area is 95.4 Å². The maximum atomic E-state index is 13.4. The Balaban J connectivity index is 2.15. The fraction of sp³-hybridized carbons (Fsp3) is 0.182. The second-order valence-electron chi connectivity index (χ2n) is 3.31. The zero-order valence-corrected chi connectivity index (χ0v) is 8.69. The fourth-order valence-corrected chi connectivity index (χ4v) is 1.30. The highest BCUT2D eigenvalue weighted by Gasteiger charge is 2.13. The Hall–Kier alpha value is -1.95. The zero-order chi connectivity index (χ0) is 12.3. The van der Waals surface area contributed by atoms with Gasteiger partial charge in [0.05, 0.1) is 12.8 Å². The number of aliphatic hydroxyl groups excluding tert-OH is 1. The van der Waals surface area contributed by atoms with Crippen molar-refractivity contribution in [2.24, 2.45) is 0 Å². The molecule has 0 fully saturated rings. The van der Waals surface area contributed by atoms with E-state index in [-0.39, 0.29) is 12.2 Å². The van der Waals surface area contributed by atoms with E-state index in [4.69, 9.17) is 14.4 Å². The van der Waals surface area contributed by atoms with Crippen molar-refractivity contribution in [2.75, 3.05) is 0 Å². The van der Waals surface area contributed by atoms with Gasteiger partial charge in [0, 0.05) is 6.07 Å². The lowest BCUT2D eigenvalue weighted by molar-refractivity contribution is 0.229. The number of rotatable bonds is 4. The van der Waals surface area contributed by atoms with Crippen LogP contribution in [0.5, 0.6) is 5.75 Å². The molecule has 0 bridgehead atoms. The van der Waals surface area contributed by atoms with Crippen LogP contribution >= 0.6 is 0 Å². The first-order valence-electron chi connectivity index (χ1n) is 4.82. The van der Waals surface area contributed by atoms with Crippen LogP contribution in [0.4, 0.5) is 8.78 Å². The van der Waals surface area contributed by atoms with Crippen molar-refractivity contribution in [3.63, 3.8) is 0 Å². The lowest BCUT2D eigenvalue weighted by Crippen LogP contribution is -2.00. The Bertz CT molecular complexity index is 476. The Morgan fingerprint density at radius 1 is 1.29 bits per heavy atom. The highest BCUT2D eigenvalue weighted by atomic mass is 19.1. The van der Waals surface area contributed by atoms with Gasteiger partial charge in [-0.15, -0.1) is 0 Å². The van der Waals surface area contributed by atoms with Gasteiger partial charge in [-0.25, -0.2) is 8.78 Å². The van der Waals surface area contributed by atoms with Crippen LogP contribution in [0.2, 0.25) is 0 Å². The summed E-state index contributed by atoms with van der Waals surface area (Å²) in [5, 5.41) is 12.2. The van der Waals surface area contributed by atoms with Crippen molar-refractivity contribution in [3.8, 4) is 5.75 Å². The molecule has 0 saturated carbocycles. The monoisotopic (exact) mass is 241 g/mol. The summed E-state index contributed by atoms with van der Waals surface area (Å²) in [6.45, 7) is -0.553. The van der Waals surface area contributed by atoms with Crippen LogP contribution in [-0.4, -0.2) is 10.3 Å². The Morgan fingerprint density at radius 3 is 2.53 bits per heavy atom. The van der Waals surface area contributed by atoms with Crippen LogP contribution in [-0.2, 0) is 13.2 Å². The minimum absolute atomic E-state index is 0.119. The van der Waals surface area contributed by atoms with Gasteiger partial charge >= 0.3 is 0 Å². The van der Waals surface area contributed by atoms with E-state index in [9.17, 15) is 8.78 Å². The average molecular weight is 241 g/mol. The summed E-state index contributed by atoms with van der Waals surface area (Å²) in [6, 6.07) is 3.55. The largest absolute Gasteiger partial charge is 0.479 e. The first-order valence-corrected chi connectivity index (χ1v) is 4.82. The van der Waals surface area contributed by atoms with E-state index in [1.54, 1.807) is 0 Å². The molecule has 0 aliphatic carbocycles. The van der Waals surface area contributed by atoms with E-state index in [0.717, 1.165) is 12.1 Å². The normalized spacial score (nSPS) is 10.5. The number of hydrogen-bond donors (Lipinski definition) is 1. The van der Waals surface area contributed by atoms with Crippen molar-refractivity contribution in [1.29, 1.82) is 0 Å². The van der Waals surface area contributed by atoms with E-state index >= 15 is 0 Å². The van der Waals surface area contributed by atoms with Crippen LogP contribution in [0.25, 0.3) is 0 Å². The molecule has 0 aliphatic heterocycles. The summed E-state index contributed by atoms with van der Waals surface area (Å²) in [4.78, 5) is 0. The van der Waals surface area contributed by atoms with Crippen molar-refractivity contribution >= 4 is 0 Å². The lowest BCUT2D eigenvalue weighted by atomic mass is 10.2. The predicted molar refractivity (Wildman–Crippen MR) is 53.1 cm³/mol. The molecule has 0 atom stereocenters. The van der Waals surface area contributed by atoms with Gasteiger partial charge in [0.2, 0.25) is 0 Å². The maximum Gasteiger partial charge on any atom is 0.191 e. The van der Waals surface area contributed by atoms with Crippen molar-refractivity contribution in [3.05, 3.63) is 47.4 Å². The molecule has 90 valence electrons. The van der Waals surface area contributed by atoms with E-state index in [1.165, 1.54) is 12.3 Å². The SMILES string of the molecule is OCc1cc(F)c(OCc2ccno2)c(F)c1. The first kappa shape index (κ1) is 11.5. The summed E-state index contributed by atoms with van der Waals surface area (Å²) in [6.07, 6.45) is 1.40. The minimum Gasteiger partial charge on any atom is -0.479 e. The van der Waals surface area contributed by atoms with Crippen LogP contribution < -0.4 is 4.74 Å². The number of nitrogens with zero attached hydrogens (tertiary/aromatic N) is 1. The second kappa shape index (κ2) is 4.92. The molecule has 0 radical (unpaired) electrons. The summed E-state index contributed by atoms with van der Waals surface area (Å²) < 4.78 is 36.5. The Kier molecular flexibility index (Phi) is 3.34. The van der Waals surface area contributed by atoms with Gasteiger partial charge in [0.25, 0.3) is 0 Å². The Morgan fingerprint density at radius 2 is 2.00 bits per heavy atom. The molecule has 6 heteroatoms. The van der Waals surface area contributed by atoms with Gasteiger partial charge in [-0.2, -0.15) is 0 Å². The van der Waals surface area contributed by atoms with Crippen molar-refractivity contribution in [2.45, 2.75) is 13.2 Å². The number of halogens is 2. The topological polar surface area (TPSA) is 55.5 Å². The molecule has 2 rings (SSSR count). The van der Waals surface area contributed by atoms with Gasteiger partial charge in [0.15, 0.2) is 23.1 Å². The van der Waals surface area contributed by atoms with Gasteiger partial charge < -0.3 is 14.4 Å². The van der Waals surface area contributed by atoms with E-state index in [0.29, 0.717) is 5.76 Å². The molecule has 0 spiro atoms. The van der Waals surface area contributed by atoms with Crippen LogP contribution in [0.1, 0.15) is 11.3 Å². The van der Waals surface area contributed by atoms with Crippen LogP contribution in [0, 0.1) is 11.6 Å². The number of aliphatic hydroxyl groups is 1. The second-order valence-corrected chi connectivity index (χ2v) is 3.31. The molecule has 2 aromatic rings. The third-order valence-corrected chi connectivity index (χ3v) is 2.09. The molecule has 0 unspecified atom stereocenters. The predicted octanol–water partition coefficient (Wildman–Crippen LogP) is 2.02. The van der Waals surface area contributed by atoms with Gasteiger partial charge in [0.1, 0.15) is 6.61 Å². The molecule has 1 heterocycles. The van der Waals surface area contributed by atoms with Gasteiger partial charge in [-0.1, -0.05) is 5.16 Å². The molecule has 1 aromatic carbocycles. The van der Waals surface area contributed by atoms with Crippen molar-refractivity contribution < 1.29 is 23.1 Å². The molecule has 1 aromatic heterocycles. The van der Waals surface area contributed by atoms with Crippen LogP contribution in [0.15, 0.2) is 28.9 Å². The number of aromatic nitrogens is 1.